The van der Waals surface area contributed by atoms with Crippen molar-refractivity contribution in [1.82, 2.24) is 19.4 Å². The van der Waals surface area contributed by atoms with E-state index in [-0.39, 0.29) is 40.5 Å². The first-order valence-electron chi connectivity index (χ1n) is 15.8. The summed E-state index contributed by atoms with van der Waals surface area (Å²) in [4.78, 5) is 21.7. The van der Waals surface area contributed by atoms with Crippen molar-refractivity contribution in [2.24, 2.45) is 5.41 Å². The second-order valence-corrected chi connectivity index (χ2v) is 12.9. The molecular formula is C35H31F2N5O10. The number of aliphatic hydroxyl groups is 6. The van der Waals surface area contributed by atoms with Gasteiger partial charge in [-0.3, -0.25) is 4.39 Å². The normalized spacial score (nSPS) is 23.1. The first kappa shape index (κ1) is 34.5. The van der Waals surface area contributed by atoms with Crippen LogP contribution in [0.25, 0.3) is 16.8 Å². The maximum atomic E-state index is 14.5. The first-order valence-corrected chi connectivity index (χ1v) is 15.8. The number of ether oxygens (including phenoxy) is 3. The summed E-state index contributed by atoms with van der Waals surface area (Å²) in [5.41, 5.74) is -3.97. The molecule has 0 spiro atoms. The highest BCUT2D eigenvalue weighted by Crippen LogP contribution is 2.51. The smallest absolute Gasteiger partial charge is 0.337 e. The molecule has 0 bridgehead atoms. The number of hydrogen-bond acceptors (Lipinski definition) is 14. The Bertz CT molecular complexity index is 2230. The van der Waals surface area contributed by atoms with Crippen LogP contribution in [0, 0.1) is 22.6 Å². The third kappa shape index (κ3) is 5.30. The van der Waals surface area contributed by atoms with Crippen molar-refractivity contribution in [3.63, 3.8) is 0 Å². The Labute approximate surface area is 293 Å². The molecule has 1 saturated carbocycles. The minimum absolute atomic E-state index is 0.0350. The minimum Gasteiger partial charge on any atom is -0.504 e. The van der Waals surface area contributed by atoms with Gasteiger partial charge in [-0.05, 0) is 49.2 Å². The Kier molecular flexibility index (Phi) is 8.20. The van der Waals surface area contributed by atoms with Crippen molar-refractivity contribution in [2.75, 3.05) is 13.8 Å². The first-order chi connectivity index (χ1) is 24.8. The van der Waals surface area contributed by atoms with E-state index in [0.717, 1.165) is 6.07 Å². The van der Waals surface area contributed by atoms with Crippen LogP contribution in [-0.2, 0) is 34.8 Å². The van der Waals surface area contributed by atoms with Gasteiger partial charge in [-0.2, -0.15) is 5.26 Å². The Morgan fingerprint density at radius 1 is 1.12 bits per heavy atom. The largest absolute Gasteiger partial charge is 0.504 e. The summed E-state index contributed by atoms with van der Waals surface area (Å²) in [5.74, 6) is -8.09. The molecular weight excluding hydrogens is 688 g/mol. The standard InChI is InChI=1S/C35H31F2N5O10/c1-50-31(46)19-4-6-23-24(11-19)42(17-33(16-36)8-9-33)26(39-23)13-41-30(45)29(44)34(48)28-21(25(43)15-52-35(34,49)32(41)47)5-7-27(40-28)51-14-20-3-2-18(12-38)10-22(20)37/h2-7,10-11,15,32,43-45,47-49H,8-9,13-14,16-17H2,1H3/t32?,34-,35+/m0/s1. The lowest BCUT2D eigenvalue weighted by molar-refractivity contribution is -0.356. The third-order valence-electron chi connectivity index (χ3n) is 9.68. The topological polar surface area (TPSA) is 224 Å². The number of methoxy groups -OCH3 is 1. The fourth-order valence-electron chi connectivity index (χ4n) is 6.38. The summed E-state index contributed by atoms with van der Waals surface area (Å²) in [6, 6.07) is 12.4. The highest BCUT2D eigenvalue weighted by atomic mass is 19.1. The van der Waals surface area contributed by atoms with Crippen LogP contribution in [0.4, 0.5) is 8.78 Å². The quantitative estimate of drug-likeness (QED) is 0.136. The van der Waals surface area contributed by atoms with Crippen molar-refractivity contribution in [1.29, 1.82) is 5.26 Å². The monoisotopic (exact) mass is 719 g/mol. The van der Waals surface area contributed by atoms with Crippen LogP contribution in [0.15, 0.2) is 66.4 Å². The fourth-order valence-corrected chi connectivity index (χ4v) is 6.38. The van der Waals surface area contributed by atoms with Gasteiger partial charge >= 0.3 is 5.97 Å². The number of aliphatic hydroxyl groups excluding tert-OH is 4. The van der Waals surface area contributed by atoms with Gasteiger partial charge in [0.25, 0.3) is 5.79 Å². The summed E-state index contributed by atoms with van der Waals surface area (Å²) in [6.07, 6.45) is -0.690. The number of esters is 1. The number of nitrogens with zero attached hydrogens (tertiary/aromatic N) is 5. The molecule has 270 valence electrons. The lowest BCUT2D eigenvalue weighted by Gasteiger charge is -2.49. The number of hydrogen-bond donors (Lipinski definition) is 6. The number of fused-ring (bicyclic) bond motifs is 4. The fraction of sp³-hybridized carbons (Fsp3) is 0.314. The number of alkyl halides is 1. The number of halogens is 2. The van der Waals surface area contributed by atoms with Crippen molar-refractivity contribution in [3.05, 3.63) is 106 Å². The SMILES string of the molecule is COC(=O)c1ccc2nc(CN3C(O)=C(O)[C@@]4(O)c5nc(OCc6ccc(C#N)cc6F)ccc5C(O)=CO[C@]4(O)C3O)n(CC3(CF)CC3)c2c1. The summed E-state index contributed by atoms with van der Waals surface area (Å²) in [6.45, 7) is -1.55. The average molecular weight is 720 g/mol. The van der Waals surface area contributed by atoms with Crippen molar-refractivity contribution in [2.45, 2.75) is 50.2 Å². The van der Waals surface area contributed by atoms with Crippen molar-refractivity contribution in [3.8, 4) is 11.9 Å². The number of benzene rings is 2. The molecule has 0 radical (unpaired) electrons. The van der Waals surface area contributed by atoms with Crippen LogP contribution >= 0.6 is 0 Å². The maximum Gasteiger partial charge on any atom is 0.337 e. The minimum atomic E-state index is -3.29. The molecule has 0 amide bonds. The number of rotatable bonds is 9. The summed E-state index contributed by atoms with van der Waals surface area (Å²) in [5, 5.41) is 78.3. The van der Waals surface area contributed by atoms with Crippen LogP contribution in [0.2, 0.25) is 0 Å². The van der Waals surface area contributed by atoms with Gasteiger partial charge in [0, 0.05) is 29.2 Å². The molecule has 2 aliphatic heterocycles. The van der Waals surface area contributed by atoms with Crippen LogP contribution < -0.4 is 4.74 Å². The van der Waals surface area contributed by atoms with Gasteiger partial charge < -0.3 is 54.3 Å². The molecule has 3 atom stereocenters. The van der Waals surface area contributed by atoms with Gasteiger partial charge in [-0.1, -0.05) is 6.07 Å². The molecule has 0 saturated heterocycles. The van der Waals surface area contributed by atoms with Gasteiger partial charge in [-0.25, -0.2) is 19.2 Å². The zero-order chi connectivity index (χ0) is 37.2. The lowest BCUT2D eigenvalue weighted by atomic mass is 9.80. The Balaban J connectivity index is 1.28. The molecule has 2 aromatic heterocycles. The zero-order valence-electron chi connectivity index (χ0n) is 27.3. The molecule has 1 fully saturated rings. The second-order valence-electron chi connectivity index (χ2n) is 12.9. The molecule has 1 unspecified atom stereocenters. The highest BCUT2D eigenvalue weighted by molar-refractivity contribution is 5.93. The van der Waals surface area contributed by atoms with E-state index in [0.29, 0.717) is 35.0 Å². The van der Waals surface area contributed by atoms with Gasteiger partial charge in [0.15, 0.2) is 11.5 Å². The summed E-state index contributed by atoms with van der Waals surface area (Å²) in [7, 11) is 1.22. The molecule has 7 rings (SSSR count). The predicted molar refractivity (Wildman–Crippen MR) is 173 cm³/mol. The number of pyridine rings is 1. The van der Waals surface area contributed by atoms with E-state index in [9.17, 15) is 44.2 Å². The molecule has 17 heteroatoms. The highest BCUT2D eigenvalue weighted by Gasteiger charge is 2.69. The van der Waals surface area contributed by atoms with Gasteiger partial charge in [-0.15, -0.1) is 0 Å². The zero-order valence-corrected chi connectivity index (χ0v) is 27.3. The molecule has 6 N–H and O–H groups in total. The number of nitriles is 1. The third-order valence-corrected chi connectivity index (χ3v) is 9.68. The molecule has 3 aliphatic rings. The molecule has 2 aromatic carbocycles. The van der Waals surface area contributed by atoms with Crippen LogP contribution in [-0.4, -0.2) is 81.8 Å². The molecule has 15 nitrogen and oxygen atoms in total. The second kappa shape index (κ2) is 12.4. The van der Waals surface area contributed by atoms with Crippen LogP contribution in [0.5, 0.6) is 5.88 Å². The Hall–Kier alpha value is -5.96. The van der Waals surface area contributed by atoms with Crippen molar-refractivity contribution < 1.29 is 58.4 Å². The van der Waals surface area contributed by atoms with E-state index in [2.05, 4.69) is 9.97 Å². The molecule has 52 heavy (non-hydrogen) atoms. The number of aromatic nitrogens is 3. The summed E-state index contributed by atoms with van der Waals surface area (Å²) < 4.78 is 46.0. The number of carbonyl (C=O) groups is 1. The van der Waals surface area contributed by atoms with E-state index in [4.69, 9.17) is 19.5 Å². The van der Waals surface area contributed by atoms with Crippen LogP contribution in [0.3, 0.4) is 0 Å². The number of imidazole rings is 1. The number of carbonyl (C=O) groups excluding carboxylic acids is 1. The van der Waals surface area contributed by atoms with Crippen LogP contribution in [0.1, 0.15) is 51.4 Å². The van der Waals surface area contributed by atoms with Gasteiger partial charge in [0.05, 0.1) is 48.6 Å². The van der Waals surface area contributed by atoms with E-state index in [1.807, 2.05) is 6.07 Å². The maximum absolute atomic E-state index is 14.5. The van der Waals surface area contributed by atoms with E-state index >= 15 is 0 Å². The van der Waals surface area contributed by atoms with E-state index in [1.165, 1.54) is 49.6 Å². The van der Waals surface area contributed by atoms with Gasteiger partial charge in [0.2, 0.25) is 23.6 Å². The Morgan fingerprint density at radius 2 is 1.88 bits per heavy atom. The van der Waals surface area contributed by atoms with Gasteiger partial charge in [0.1, 0.15) is 30.2 Å². The van der Waals surface area contributed by atoms with Crippen molar-refractivity contribution >= 4 is 22.8 Å². The molecule has 4 aromatic rings. The predicted octanol–water partition coefficient (Wildman–Crippen LogP) is 3.44. The molecule has 4 heterocycles. The molecule has 1 aliphatic carbocycles. The van der Waals surface area contributed by atoms with E-state index in [1.54, 1.807) is 4.57 Å². The summed E-state index contributed by atoms with van der Waals surface area (Å²) >= 11 is 0. The van der Waals surface area contributed by atoms with E-state index < -0.39 is 77.7 Å². The Morgan fingerprint density at radius 3 is 2.56 bits per heavy atom. The lowest BCUT2D eigenvalue weighted by Crippen LogP contribution is -2.69. The average Bonchev–Trinajstić information content (AvgIpc) is 3.87.